The molecule has 0 saturated heterocycles. The molecule has 12 heavy (non-hydrogen) atoms. The number of hydrogen-bond donors (Lipinski definition) is 0. The van der Waals surface area contributed by atoms with Gasteiger partial charge in [-0.05, 0) is 35.8 Å². The van der Waals surface area contributed by atoms with Crippen LogP contribution in [0, 0.1) is 6.92 Å². The molecule has 1 aromatic rings. The van der Waals surface area contributed by atoms with Gasteiger partial charge in [0.2, 0.25) is 0 Å². The van der Waals surface area contributed by atoms with Crippen LogP contribution >= 0.6 is 0 Å². The van der Waals surface area contributed by atoms with Gasteiger partial charge in [-0.1, -0.05) is 30.4 Å². The molecule has 0 aliphatic heterocycles. The van der Waals surface area contributed by atoms with E-state index in [1.54, 1.807) is 0 Å². The Bertz CT molecular complexity index is 388. The fraction of sp³-hybridized carbons (Fsp3) is 0.0833. The van der Waals surface area contributed by atoms with Gasteiger partial charge in [-0.15, -0.1) is 5.73 Å². The molecule has 1 aliphatic rings. The maximum Gasteiger partial charge on any atom is -0.0104 e. The minimum atomic E-state index is 1.25. The first-order valence-corrected chi connectivity index (χ1v) is 4.07. The number of aryl methyl sites for hydroxylation is 1. The number of hydrogen-bond acceptors (Lipinski definition) is 0. The highest BCUT2D eigenvalue weighted by Gasteiger charge is 1.99. The summed E-state index contributed by atoms with van der Waals surface area (Å²) in [6, 6.07) is 6.31. The molecule has 0 heterocycles. The molecule has 0 N–H and O–H groups in total. The largest absolute Gasteiger partial charge is 0.120 e. The Morgan fingerprint density at radius 1 is 1.25 bits per heavy atom. The van der Waals surface area contributed by atoms with Crippen molar-refractivity contribution in [1.82, 2.24) is 0 Å². The van der Waals surface area contributed by atoms with Crippen molar-refractivity contribution in [2.45, 2.75) is 6.92 Å². The first-order valence-electron chi connectivity index (χ1n) is 4.07. The molecule has 0 spiro atoms. The average Bonchev–Trinajstić information content (AvgIpc) is 2.30. The van der Waals surface area contributed by atoms with Crippen molar-refractivity contribution in [3.8, 4) is 0 Å². The van der Waals surface area contributed by atoms with Crippen LogP contribution in [-0.4, -0.2) is 0 Å². The van der Waals surface area contributed by atoms with E-state index in [4.69, 9.17) is 0 Å². The van der Waals surface area contributed by atoms with Crippen molar-refractivity contribution in [1.29, 1.82) is 0 Å². The second-order valence-corrected chi connectivity index (χ2v) is 2.91. The molecule has 0 aromatic heterocycles. The Balaban J connectivity index is 2.72. The van der Waals surface area contributed by atoms with Gasteiger partial charge in [0, 0.05) is 0 Å². The van der Waals surface area contributed by atoms with Crippen LogP contribution in [0.1, 0.15) is 16.7 Å². The molecule has 0 fully saturated rings. The predicted molar refractivity (Wildman–Crippen MR) is 52.8 cm³/mol. The summed E-state index contributed by atoms with van der Waals surface area (Å²) in [6.07, 6.45) is 8.10. The summed E-state index contributed by atoms with van der Waals surface area (Å²) in [7, 11) is 0. The molecule has 0 amide bonds. The Hall–Kier alpha value is -1.52. The Morgan fingerprint density at radius 2 is 2.17 bits per heavy atom. The predicted octanol–water partition coefficient (Wildman–Crippen LogP) is 3.19. The summed E-state index contributed by atoms with van der Waals surface area (Å²) < 4.78 is 0. The smallest absolute Gasteiger partial charge is 0.0104 e. The number of allylic oxidation sites excluding steroid dienone is 2. The lowest BCUT2D eigenvalue weighted by Crippen LogP contribution is -1.83. The molecular formula is C12H10. The van der Waals surface area contributed by atoms with E-state index in [2.05, 4.69) is 36.9 Å². The second kappa shape index (κ2) is 2.84. The topological polar surface area (TPSA) is 0 Å². The molecule has 0 bridgehead atoms. The van der Waals surface area contributed by atoms with Gasteiger partial charge in [0.1, 0.15) is 0 Å². The second-order valence-electron chi connectivity index (χ2n) is 2.91. The summed E-state index contributed by atoms with van der Waals surface area (Å²) >= 11 is 0. The molecular weight excluding hydrogens is 144 g/mol. The van der Waals surface area contributed by atoms with E-state index >= 15 is 0 Å². The minimum absolute atomic E-state index is 1.25. The lowest BCUT2D eigenvalue weighted by molar-refractivity contribution is 1.43. The number of fused-ring (bicyclic) bond motifs is 1. The average molecular weight is 154 g/mol. The Morgan fingerprint density at radius 3 is 3.08 bits per heavy atom. The van der Waals surface area contributed by atoms with Crippen molar-refractivity contribution < 1.29 is 0 Å². The molecule has 0 saturated carbocycles. The molecule has 0 atom stereocenters. The summed E-state index contributed by atoms with van der Waals surface area (Å²) in [5.74, 6) is 0. The van der Waals surface area contributed by atoms with E-state index in [1.165, 1.54) is 16.7 Å². The van der Waals surface area contributed by atoms with Gasteiger partial charge in [-0.25, -0.2) is 0 Å². The first-order chi connectivity index (χ1) is 5.88. The van der Waals surface area contributed by atoms with Crippen molar-refractivity contribution in [3.05, 3.63) is 52.8 Å². The van der Waals surface area contributed by atoms with Crippen molar-refractivity contribution in [2.75, 3.05) is 0 Å². The van der Waals surface area contributed by atoms with Gasteiger partial charge in [-0.2, -0.15) is 0 Å². The van der Waals surface area contributed by atoms with Crippen LogP contribution in [0.15, 0.2) is 36.1 Å². The van der Waals surface area contributed by atoms with Gasteiger partial charge in [-0.3, -0.25) is 0 Å². The minimum Gasteiger partial charge on any atom is -0.120 e. The molecule has 0 nitrogen and oxygen atoms in total. The highest BCUT2D eigenvalue weighted by atomic mass is 14.0. The van der Waals surface area contributed by atoms with Gasteiger partial charge < -0.3 is 0 Å². The lowest BCUT2D eigenvalue weighted by Gasteiger charge is -2.02. The van der Waals surface area contributed by atoms with Crippen LogP contribution in [0.25, 0.3) is 12.2 Å². The van der Waals surface area contributed by atoms with E-state index in [-0.39, 0.29) is 0 Å². The zero-order chi connectivity index (χ0) is 8.39. The molecule has 0 heteroatoms. The third-order valence-electron chi connectivity index (χ3n) is 2.05. The fourth-order valence-electron chi connectivity index (χ4n) is 1.39. The zero-order valence-corrected chi connectivity index (χ0v) is 7.04. The van der Waals surface area contributed by atoms with E-state index in [9.17, 15) is 0 Å². The van der Waals surface area contributed by atoms with Crippen LogP contribution in [0.2, 0.25) is 0 Å². The maximum atomic E-state index is 3.09. The molecule has 58 valence electrons. The number of rotatable bonds is 0. The van der Waals surface area contributed by atoms with Crippen LogP contribution in [0.5, 0.6) is 0 Å². The van der Waals surface area contributed by atoms with E-state index in [0.29, 0.717) is 0 Å². The standard InChI is InChI=1S/C12H10/c1-10-6-5-8-11-7-3-2-4-9-12(10)11/h2,4-9H,1H3. The Kier molecular flexibility index (Phi) is 1.69. The Labute approximate surface area is 72.5 Å². The SMILES string of the molecule is Cc1cccc2c1C=CC=C=C2. The van der Waals surface area contributed by atoms with Crippen molar-refractivity contribution in [2.24, 2.45) is 0 Å². The highest BCUT2D eigenvalue weighted by molar-refractivity contribution is 5.69. The summed E-state index contributed by atoms with van der Waals surface area (Å²) in [5.41, 5.74) is 6.96. The van der Waals surface area contributed by atoms with Crippen molar-refractivity contribution >= 4 is 12.2 Å². The summed E-state index contributed by atoms with van der Waals surface area (Å²) in [6.45, 7) is 2.13. The van der Waals surface area contributed by atoms with Gasteiger partial charge >= 0.3 is 0 Å². The summed E-state index contributed by atoms with van der Waals surface area (Å²) in [5, 5.41) is 0. The van der Waals surface area contributed by atoms with E-state index in [0.717, 1.165) is 0 Å². The first kappa shape index (κ1) is 7.15. The maximum absolute atomic E-state index is 3.09. The molecule has 1 aromatic carbocycles. The van der Waals surface area contributed by atoms with Gasteiger partial charge in [0.25, 0.3) is 0 Å². The zero-order valence-electron chi connectivity index (χ0n) is 7.04. The quantitative estimate of drug-likeness (QED) is 0.503. The van der Waals surface area contributed by atoms with Crippen molar-refractivity contribution in [3.63, 3.8) is 0 Å². The highest BCUT2D eigenvalue weighted by Crippen LogP contribution is 2.18. The molecule has 0 radical (unpaired) electrons. The van der Waals surface area contributed by atoms with Gasteiger partial charge in [0.15, 0.2) is 0 Å². The summed E-state index contributed by atoms with van der Waals surface area (Å²) in [4.78, 5) is 0. The fourth-order valence-corrected chi connectivity index (χ4v) is 1.39. The van der Waals surface area contributed by atoms with Crippen LogP contribution in [-0.2, 0) is 0 Å². The molecule has 0 unspecified atom stereocenters. The van der Waals surface area contributed by atoms with E-state index < -0.39 is 0 Å². The lowest BCUT2D eigenvalue weighted by atomic mass is 10.0. The normalized spacial score (nSPS) is 12.8. The van der Waals surface area contributed by atoms with E-state index in [1.807, 2.05) is 18.2 Å². The monoisotopic (exact) mass is 154 g/mol. The van der Waals surface area contributed by atoms with Crippen LogP contribution in [0.4, 0.5) is 0 Å². The van der Waals surface area contributed by atoms with Crippen LogP contribution in [0.3, 0.4) is 0 Å². The van der Waals surface area contributed by atoms with Crippen LogP contribution < -0.4 is 0 Å². The third kappa shape index (κ3) is 1.13. The van der Waals surface area contributed by atoms with Gasteiger partial charge in [0.05, 0.1) is 0 Å². The third-order valence-corrected chi connectivity index (χ3v) is 2.05. The molecule has 2 rings (SSSR count). The number of benzene rings is 1. The molecule has 1 aliphatic carbocycles.